The third-order valence-electron chi connectivity index (χ3n) is 3.99. The molecule has 1 aliphatic carbocycles. The zero-order valence-corrected chi connectivity index (χ0v) is 13.8. The van der Waals surface area contributed by atoms with Crippen molar-refractivity contribution >= 4 is 5.97 Å². The molecule has 2 unspecified atom stereocenters. The number of nitrogens with one attached hydrogen (secondary N) is 1. The molecular formula is C16H27N3O2. The number of ether oxygens (including phenoxy) is 1. The average molecular weight is 293 g/mol. The second-order valence-corrected chi connectivity index (χ2v) is 6.40. The number of hydrogen-bond donors (Lipinski definition) is 1. The van der Waals surface area contributed by atoms with Gasteiger partial charge in [-0.25, -0.2) is 0 Å². The van der Waals surface area contributed by atoms with Gasteiger partial charge in [0.2, 0.25) is 0 Å². The van der Waals surface area contributed by atoms with E-state index in [1.165, 1.54) is 0 Å². The van der Waals surface area contributed by atoms with E-state index < -0.39 is 5.54 Å². The lowest BCUT2D eigenvalue weighted by Crippen LogP contribution is -2.52. The SMILES string of the molecule is CCOC(=O)C(C)(CC(C)n1nc(C)cc1C)NC1CC1. The van der Waals surface area contributed by atoms with Crippen molar-refractivity contribution in [2.45, 2.75) is 71.5 Å². The molecule has 1 heterocycles. The third kappa shape index (κ3) is 3.84. The molecule has 2 atom stereocenters. The maximum Gasteiger partial charge on any atom is 0.326 e. The first kappa shape index (κ1) is 16.0. The van der Waals surface area contributed by atoms with Gasteiger partial charge in [0.1, 0.15) is 5.54 Å². The second-order valence-electron chi connectivity index (χ2n) is 6.40. The van der Waals surface area contributed by atoms with Gasteiger partial charge in [-0.1, -0.05) is 0 Å². The Morgan fingerprint density at radius 1 is 1.57 bits per heavy atom. The van der Waals surface area contributed by atoms with Gasteiger partial charge in [0.25, 0.3) is 0 Å². The van der Waals surface area contributed by atoms with Crippen LogP contribution in [0.2, 0.25) is 0 Å². The molecule has 2 rings (SSSR count). The molecule has 0 radical (unpaired) electrons. The number of rotatable bonds is 7. The zero-order chi connectivity index (χ0) is 15.6. The topological polar surface area (TPSA) is 56.2 Å². The molecule has 1 N–H and O–H groups in total. The smallest absolute Gasteiger partial charge is 0.326 e. The van der Waals surface area contributed by atoms with E-state index in [2.05, 4.69) is 23.4 Å². The fourth-order valence-electron chi connectivity index (χ4n) is 2.94. The van der Waals surface area contributed by atoms with Crippen LogP contribution in [0.3, 0.4) is 0 Å². The molecular weight excluding hydrogens is 266 g/mol. The normalized spacial score (nSPS) is 19.1. The Hall–Kier alpha value is -1.36. The van der Waals surface area contributed by atoms with E-state index in [1.54, 1.807) is 0 Å². The first-order valence-corrected chi connectivity index (χ1v) is 7.83. The summed E-state index contributed by atoms with van der Waals surface area (Å²) >= 11 is 0. The van der Waals surface area contributed by atoms with Crippen molar-refractivity contribution in [3.8, 4) is 0 Å². The molecule has 0 saturated heterocycles. The van der Waals surface area contributed by atoms with Crippen LogP contribution in [0.5, 0.6) is 0 Å². The Kier molecular flexibility index (Phi) is 4.71. The summed E-state index contributed by atoms with van der Waals surface area (Å²) in [5.74, 6) is -0.162. The van der Waals surface area contributed by atoms with Gasteiger partial charge < -0.3 is 4.74 Å². The first-order chi connectivity index (χ1) is 9.85. The van der Waals surface area contributed by atoms with E-state index in [-0.39, 0.29) is 12.0 Å². The second kappa shape index (κ2) is 6.18. The van der Waals surface area contributed by atoms with Gasteiger partial charge >= 0.3 is 5.97 Å². The van der Waals surface area contributed by atoms with Crippen molar-refractivity contribution in [2.75, 3.05) is 6.61 Å². The van der Waals surface area contributed by atoms with E-state index >= 15 is 0 Å². The highest BCUT2D eigenvalue weighted by Gasteiger charge is 2.41. The van der Waals surface area contributed by atoms with Crippen molar-refractivity contribution in [1.29, 1.82) is 0 Å². The van der Waals surface area contributed by atoms with Crippen LogP contribution in [0.4, 0.5) is 0 Å². The van der Waals surface area contributed by atoms with E-state index in [4.69, 9.17) is 4.74 Å². The number of esters is 1. The highest BCUT2D eigenvalue weighted by molar-refractivity contribution is 5.80. The van der Waals surface area contributed by atoms with Crippen molar-refractivity contribution in [1.82, 2.24) is 15.1 Å². The fourth-order valence-corrected chi connectivity index (χ4v) is 2.94. The lowest BCUT2D eigenvalue weighted by atomic mass is 9.93. The molecule has 1 aromatic rings. The van der Waals surface area contributed by atoms with Gasteiger partial charge in [0.15, 0.2) is 0 Å². The molecule has 0 bridgehead atoms. The number of carbonyl (C=O) groups is 1. The van der Waals surface area contributed by atoms with Crippen LogP contribution in [0.25, 0.3) is 0 Å². The number of nitrogens with zero attached hydrogens (tertiary/aromatic N) is 2. The van der Waals surface area contributed by atoms with Crippen LogP contribution in [0.1, 0.15) is 57.5 Å². The largest absolute Gasteiger partial charge is 0.465 e. The van der Waals surface area contributed by atoms with Crippen LogP contribution < -0.4 is 5.32 Å². The molecule has 5 heteroatoms. The molecule has 1 aliphatic rings. The number of aromatic nitrogens is 2. The lowest BCUT2D eigenvalue weighted by Gasteiger charge is -2.31. The maximum atomic E-state index is 12.4. The minimum atomic E-state index is -0.650. The summed E-state index contributed by atoms with van der Waals surface area (Å²) in [4.78, 5) is 12.4. The van der Waals surface area contributed by atoms with Gasteiger partial charge in [-0.2, -0.15) is 5.10 Å². The van der Waals surface area contributed by atoms with Gasteiger partial charge in [0, 0.05) is 11.7 Å². The van der Waals surface area contributed by atoms with Crippen molar-refractivity contribution < 1.29 is 9.53 Å². The highest BCUT2D eigenvalue weighted by Crippen LogP contribution is 2.29. The van der Waals surface area contributed by atoms with Crippen molar-refractivity contribution in [2.24, 2.45) is 0 Å². The third-order valence-corrected chi connectivity index (χ3v) is 3.99. The summed E-state index contributed by atoms with van der Waals surface area (Å²) < 4.78 is 7.28. The summed E-state index contributed by atoms with van der Waals surface area (Å²) in [7, 11) is 0. The van der Waals surface area contributed by atoms with Crippen LogP contribution >= 0.6 is 0 Å². The van der Waals surface area contributed by atoms with Gasteiger partial charge in [-0.05, 0) is 59.9 Å². The minimum absolute atomic E-state index is 0.138. The summed E-state index contributed by atoms with van der Waals surface area (Å²) in [6.07, 6.45) is 2.96. The van der Waals surface area contributed by atoms with Crippen molar-refractivity contribution in [3.63, 3.8) is 0 Å². The number of aryl methyl sites for hydroxylation is 2. The Balaban J connectivity index is 2.13. The molecule has 5 nitrogen and oxygen atoms in total. The average Bonchev–Trinajstić information content (AvgIpc) is 3.12. The Bertz CT molecular complexity index is 508. The monoisotopic (exact) mass is 293 g/mol. The summed E-state index contributed by atoms with van der Waals surface area (Å²) in [5.41, 5.74) is 1.48. The van der Waals surface area contributed by atoms with E-state index in [1.807, 2.05) is 32.4 Å². The Morgan fingerprint density at radius 3 is 2.71 bits per heavy atom. The lowest BCUT2D eigenvalue weighted by molar-refractivity contribution is -0.151. The zero-order valence-electron chi connectivity index (χ0n) is 13.8. The molecule has 21 heavy (non-hydrogen) atoms. The molecule has 0 aliphatic heterocycles. The van der Waals surface area contributed by atoms with Gasteiger partial charge in [-0.3, -0.25) is 14.8 Å². The molecule has 0 aromatic carbocycles. The molecule has 118 valence electrons. The van der Waals surface area contributed by atoms with E-state index in [0.29, 0.717) is 19.1 Å². The molecule has 0 amide bonds. The number of carbonyl (C=O) groups excluding carboxylic acids is 1. The number of hydrogen-bond acceptors (Lipinski definition) is 4. The maximum absolute atomic E-state index is 12.4. The van der Waals surface area contributed by atoms with Crippen LogP contribution in [-0.2, 0) is 9.53 Å². The minimum Gasteiger partial charge on any atom is -0.465 e. The Labute approximate surface area is 127 Å². The van der Waals surface area contributed by atoms with E-state index in [9.17, 15) is 4.79 Å². The van der Waals surface area contributed by atoms with Crippen LogP contribution in [0.15, 0.2) is 6.07 Å². The quantitative estimate of drug-likeness (QED) is 0.785. The van der Waals surface area contributed by atoms with Crippen LogP contribution in [0, 0.1) is 13.8 Å². The molecule has 1 aromatic heterocycles. The first-order valence-electron chi connectivity index (χ1n) is 7.83. The summed E-state index contributed by atoms with van der Waals surface area (Å²) in [5, 5.41) is 7.99. The Morgan fingerprint density at radius 2 is 2.24 bits per heavy atom. The van der Waals surface area contributed by atoms with Gasteiger partial charge in [0.05, 0.1) is 18.3 Å². The molecule has 1 saturated carbocycles. The van der Waals surface area contributed by atoms with E-state index in [0.717, 1.165) is 24.2 Å². The fraction of sp³-hybridized carbons (Fsp3) is 0.750. The summed E-state index contributed by atoms with van der Waals surface area (Å²) in [6, 6.07) is 2.65. The van der Waals surface area contributed by atoms with Crippen molar-refractivity contribution in [3.05, 3.63) is 17.5 Å². The van der Waals surface area contributed by atoms with Gasteiger partial charge in [-0.15, -0.1) is 0 Å². The predicted molar refractivity (Wildman–Crippen MR) is 82.2 cm³/mol. The predicted octanol–water partition coefficient (Wildman–Crippen LogP) is 2.52. The molecule has 1 fully saturated rings. The molecule has 0 spiro atoms. The van der Waals surface area contributed by atoms with Crippen LogP contribution in [-0.4, -0.2) is 33.9 Å². The summed E-state index contributed by atoms with van der Waals surface area (Å²) in [6.45, 7) is 10.3. The standard InChI is InChI=1S/C16H27N3O2/c1-6-21-15(20)16(5,17-14-7-8-14)10-13(4)19-12(3)9-11(2)18-19/h9,13-14,17H,6-8,10H2,1-5H3. The highest BCUT2D eigenvalue weighted by atomic mass is 16.5.